The molecule has 0 radical (unpaired) electrons. The molecule has 2 aromatic carbocycles. The summed E-state index contributed by atoms with van der Waals surface area (Å²) in [5, 5.41) is 0. The first kappa shape index (κ1) is 20.4. The van der Waals surface area contributed by atoms with Crippen LogP contribution in [-0.2, 0) is 21.2 Å². The molecule has 5 nitrogen and oxygen atoms in total. The lowest BCUT2D eigenvalue weighted by molar-refractivity contribution is -0.116. The minimum atomic E-state index is -3.48. The number of rotatable bonds is 5. The molecule has 3 rings (SSSR count). The first-order chi connectivity index (χ1) is 12.8. The highest BCUT2D eigenvalue weighted by Gasteiger charge is 2.25. The molecule has 0 bridgehead atoms. The number of hydrogen-bond acceptors (Lipinski definition) is 4. The SMILES string of the molecule is CN(C)S(=O)(=O)c1ccc2c(c1)CCCN2C(=O)CSc1ccccc1Br. The maximum Gasteiger partial charge on any atom is 0.242 e. The molecular formula is C19H21BrN2O3S2. The van der Waals surface area contributed by atoms with Gasteiger partial charge in [0.1, 0.15) is 0 Å². The number of fused-ring (bicyclic) bond motifs is 1. The summed E-state index contributed by atoms with van der Waals surface area (Å²) < 4.78 is 26.9. The molecule has 0 fully saturated rings. The van der Waals surface area contributed by atoms with E-state index in [-0.39, 0.29) is 10.8 Å². The first-order valence-electron chi connectivity index (χ1n) is 8.54. The van der Waals surface area contributed by atoms with Gasteiger partial charge in [-0.15, -0.1) is 11.8 Å². The van der Waals surface area contributed by atoms with Crippen LogP contribution in [0, 0.1) is 0 Å². The van der Waals surface area contributed by atoms with Gasteiger partial charge in [0.05, 0.1) is 10.6 Å². The molecule has 0 unspecified atom stereocenters. The van der Waals surface area contributed by atoms with Gasteiger partial charge in [-0.25, -0.2) is 12.7 Å². The van der Waals surface area contributed by atoms with E-state index < -0.39 is 10.0 Å². The molecule has 1 amide bonds. The van der Waals surface area contributed by atoms with Crippen LogP contribution in [0.5, 0.6) is 0 Å². The van der Waals surface area contributed by atoms with E-state index in [1.807, 2.05) is 24.3 Å². The summed E-state index contributed by atoms with van der Waals surface area (Å²) >= 11 is 4.99. The number of benzene rings is 2. The highest BCUT2D eigenvalue weighted by Crippen LogP contribution is 2.32. The predicted octanol–water partition coefficient (Wildman–Crippen LogP) is 3.77. The van der Waals surface area contributed by atoms with Crippen LogP contribution in [0.3, 0.4) is 0 Å². The van der Waals surface area contributed by atoms with Crippen molar-refractivity contribution in [1.82, 2.24) is 4.31 Å². The van der Waals surface area contributed by atoms with Crippen LogP contribution < -0.4 is 4.90 Å². The Morgan fingerprint density at radius 2 is 1.96 bits per heavy atom. The zero-order chi connectivity index (χ0) is 19.6. The number of halogens is 1. The molecule has 0 aliphatic carbocycles. The number of nitrogens with zero attached hydrogens (tertiary/aromatic N) is 2. The van der Waals surface area contributed by atoms with E-state index in [1.54, 1.807) is 23.1 Å². The van der Waals surface area contributed by atoms with E-state index >= 15 is 0 Å². The van der Waals surface area contributed by atoms with Gasteiger partial charge < -0.3 is 4.90 Å². The summed E-state index contributed by atoms with van der Waals surface area (Å²) in [5.74, 6) is 0.361. The lowest BCUT2D eigenvalue weighted by Gasteiger charge is -2.30. The minimum Gasteiger partial charge on any atom is -0.311 e. The van der Waals surface area contributed by atoms with Gasteiger partial charge in [0, 0.05) is 35.7 Å². The van der Waals surface area contributed by atoms with E-state index in [4.69, 9.17) is 0 Å². The minimum absolute atomic E-state index is 0.0277. The summed E-state index contributed by atoms with van der Waals surface area (Å²) in [7, 11) is -0.444. The number of thioether (sulfide) groups is 1. The van der Waals surface area contributed by atoms with Gasteiger partial charge in [-0.1, -0.05) is 12.1 Å². The Bertz CT molecular complexity index is 961. The van der Waals surface area contributed by atoms with Crippen molar-refractivity contribution in [2.75, 3.05) is 31.3 Å². The lowest BCUT2D eigenvalue weighted by Crippen LogP contribution is -2.36. The molecular weight excluding hydrogens is 448 g/mol. The lowest BCUT2D eigenvalue weighted by atomic mass is 10.0. The number of sulfonamides is 1. The molecule has 27 heavy (non-hydrogen) atoms. The number of carbonyl (C=O) groups excluding carboxylic acids is 1. The highest BCUT2D eigenvalue weighted by molar-refractivity contribution is 9.10. The third-order valence-electron chi connectivity index (χ3n) is 4.44. The Morgan fingerprint density at radius 1 is 1.22 bits per heavy atom. The molecule has 1 heterocycles. The van der Waals surface area contributed by atoms with Crippen LogP contribution in [0.15, 0.2) is 56.7 Å². The van der Waals surface area contributed by atoms with Crippen LogP contribution in [0.25, 0.3) is 0 Å². The highest BCUT2D eigenvalue weighted by atomic mass is 79.9. The molecule has 0 saturated carbocycles. The Kier molecular flexibility index (Phi) is 6.30. The van der Waals surface area contributed by atoms with E-state index in [2.05, 4.69) is 15.9 Å². The molecule has 8 heteroatoms. The molecule has 144 valence electrons. The van der Waals surface area contributed by atoms with Gasteiger partial charge in [0.25, 0.3) is 0 Å². The normalized spacial score (nSPS) is 14.3. The number of hydrogen-bond donors (Lipinski definition) is 0. The van der Waals surface area contributed by atoms with Crippen LogP contribution in [0.4, 0.5) is 5.69 Å². The van der Waals surface area contributed by atoms with E-state index in [0.717, 1.165) is 33.5 Å². The third-order valence-corrected chi connectivity index (χ3v) is 8.26. The second-order valence-corrected chi connectivity index (χ2v) is 10.5. The fourth-order valence-corrected chi connectivity index (χ4v) is 5.38. The quantitative estimate of drug-likeness (QED) is 0.626. The van der Waals surface area contributed by atoms with Crippen molar-refractivity contribution in [3.63, 3.8) is 0 Å². The fourth-order valence-electron chi connectivity index (χ4n) is 2.98. The van der Waals surface area contributed by atoms with Gasteiger partial charge in [0.2, 0.25) is 15.9 Å². The van der Waals surface area contributed by atoms with Crippen LogP contribution in [-0.4, -0.2) is 45.0 Å². The van der Waals surface area contributed by atoms with Gasteiger partial charge in [-0.3, -0.25) is 4.79 Å². The smallest absolute Gasteiger partial charge is 0.242 e. The van der Waals surface area contributed by atoms with Gasteiger partial charge >= 0.3 is 0 Å². The molecule has 0 atom stereocenters. The largest absolute Gasteiger partial charge is 0.311 e. The molecule has 0 saturated heterocycles. The third kappa shape index (κ3) is 4.39. The van der Waals surface area contributed by atoms with E-state index in [9.17, 15) is 13.2 Å². The Morgan fingerprint density at radius 3 is 2.67 bits per heavy atom. The maximum atomic E-state index is 12.8. The van der Waals surface area contributed by atoms with Crippen molar-refractivity contribution >= 4 is 49.3 Å². The summed E-state index contributed by atoms with van der Waals surface area (Å²) in [5.41, 5.74) is 1.72. The topological polar surface area (TPSA) is 57.7 Å². The summed E-state index contributed by atoms with van der Waals surface area (Å²) in [6.45, 7) is 0.655. The van der Waals surface area contributed by atoms with Crippen molar-refractivity contribution < 1.29 is 13.2 Å². The zero-order valence-corrected chi connectivity index (χ0v) is 18.4. The molecule has 0 aromatic heterocycles. The molecule has 0 spiro atoms. The van der Waals surface area contributed by atoms with Crippen molar-refractivity contribution in [2.45, 2.75) is 22.6 Å². The summed E-state index contributed by atoms with van der Waals surface area (Å²) in [6.07, 6.45) is 1.59. The second-order valence-electron chi connectivity index (χ2n) is 6.45. The standard InChI is InChI=1S/C19H21BrN2O3S2/c1-21(2)27(24,25)15-9-10-17-14(12-15)6-5-11-22(17)19(23)13-26-18-8-4-3-7-16(18)20/h3-4,7-10,12H,5-6,11,13H2,1-2H3. The maximum absolute atomic E-state index is 12.8. The molecule has 0 N–H and O–H groups in total. The van der Waals surface area contributed by atoms with Gasteiger partial charge in [-0.2, -0.15) is 0 Å². The Labute approximate surface area is 172 Å². The van der Waals surface area contributed by atoms with Crippen LogP contribution in [0.1, 0.15) is 12.0 Å². The van der Waals surface area contributed by atoms with Crippen molar-refractivity contribution in [3.8, 4) is 0 Å². The number of amides is 1. The number of aryl methyl sites for hydroxylation is 1. The van der Waals surface area contributed by atoms with Crippen molar-refractivity contribution in [3.05, 3.63) is 52.5 Å². The van der Waals surface area contributed by atoms with Crippen LogP contribution in [0.2, 0.25) is 0 Å². The fraction of sp³-hybridized carbons (Fsp3) is 0.316. The average molecular weight is 469 g/mol. The summed E-state index contributed by atoms with van der Waals surface area (Å²) in [6, 6.07) is 12.9. The molecule has 2 aromatic rings. The predicted molar refractivity (Wildman–Crippen MR) is 113 cm³/mol. The van der Waals surface area contributed by atoms with Gasteiger partial charge in [0.15, 0.2) is 0 Å². The molecule has 1 aliphatic heterocycles. The second kappa shape index (κ2) is 8.34. The van der Waals surface area contributed by atoms with E-state index in [0.29, 0.717) is 12.3 Å². The summed E-state index contributed by atoms with van der Waals surface area (Å²) in [4.78, 5) is 15.9. The van der Waals surface area contributed by atoms with Crippen LogP contribution >= 0.6 is 27.7 Å². The Balaban J connectivity index is 1.80. The van der Waals surface area contributed by atoms with Crippen molar-refractivity contribution in [2.24, 2.45) is 0 Å². The Hall–Kier alpha value is -1.35. The first-order valence-corrected chi connectivity index (χ1v) is 11.8. The monoisotopic (exact) mass is 468 g/mol. The van der Waals surface area contributed by atoms with E-state index in [1.165, 1.54) is 30.2 Å². The van der Waals surface area contributed by atoms with Gasteiger partial charge in [-0.05, 0) is 64.7 Å². The average Bonchev–Trinajstić information content (AvgIpc) is 2.66. The zero-order valence-electron chi connectivity index (χ0n) is 15.2. The number of carbonyl (C=O) groups is 1. The number of anilines is 1. The molecule has 1 aliphatic rings. The van der Waals surface area contributed by atoms with Crippen molar-refractivity contribution in [1.29, 1.82) is 0 Å².